The van der Waals surface area contributed by atoms with Gasteiger partial charge in [0.25, 0.3) is 0 Å². The van der Waals surface area contributed by atoms with Gasteiger partial charge in [-0.15, -0.1) is 0 Å². The first-order chi connectivity index (χ1) is 8.07. The molecule has 0 saturated carbocycles. The third-order valence-electron chi connectivity index (χ3n) is 2.40. The standard InChI is InChI=1S/C12H13N3OS/c13-17(14,16)12-7-2-1-5-10(12)9-11-6-3-4-8-15-11/h1-8H,9H2,(H3,13,14,16). The number of rotatable bonds is 3. The van der Waals surface area contributed by atoms with E-state index in [1.807, 2.05) is 30.3 Å². The minimum absolute atomic E-state index is 0.380. The van der Waals surface area contributed by atoms with Crippen LogP contribution in [-0.2, 0) is 16.3 Å². The SMILES string of the molecule is N=S(N)(=O)c1ccccc1Cc1ccccn1. The highest BCUT2D eigenvalue weighted by atomic mass is 32.2. The molecule has 0 aliphatic rings. The molecule has 2 rings (SSSR count). The van der Waals surface area contributed by atoms with Crippen molar-refractivity contribution in [3.8, 4) is 0 Å². The second kappa shape index (κ2) is 4.65. The van der Waals surface area contributed by atoms with Crippen LogP contribution in [0, 0.1) is 4.78 Å². The van der Waals surface area contributed by atoms with Crippen LogP contribution in [0.3, 0.4) is 0 Å². The fourth-order valence-corrected chi connectivity index (χ4v) is 2.45. The molecule has 0 amide bonds. The highest BCUT2D eigenvalue weighted by Crippen LogP contribution is 2.17. The van der Waals surface area contributed by atoms with Crippen molar-refractivity contribution in [3.63, 3.8) is 0 Å². The highest BCUT2D eigenvalue weighted by Gasteiger charge is 2.10. The van der Waals surface area contributed by atoms with Crippen molar-refractivity contribution in [3.05, 3.63) is 59.9 Å². The van der Waals surface area contributed by atoms with Gasteiger partial charge in [0.1, 0.15) is 9.92 Å². The number of pyridine rings is 1. The Morgan fingerprint density at radius 3 is 2.53 bits per heavy atom. The van der Waals surface area contributed by atoms with E-state index in [2.05, 4.69) is 4.98 Å². The Hall–Kier alpha value is -1.72. The van der Waals surface area contributed by atoms with Crippen molar-refractivity contribution in [2.45, 2.75) is 11.3 Å². The zero-order valence-electron chi connectivity index (χ0n) is 9.17. The van der Waals surface area contributed by atoms with Gasteiger partial charge >= 0.3 is 0 Å². The zero-order chi connectivity index (χ0) is 12.3. The Morgan fingerprint density at radius 1 is 1.18 bits per heavy atom. The number of aromatic nitrogens is 1. The van der Waals surface area contributed by atoms with E-state index in [1.54, 1.807) is 18.3 Å². The van der Waals surface area contributed by atoms with Crippen molar-refractivity contribution in [2.75, 3.05) is 0 Å². The fraction of sp³-hybridized carbons (Fsp3) is 0.0833. The summed E-state index contributed by atoms with van der Waals surface area (Å²) in [5, 5.41) is 5.39. The Kier molecular flexibility index (Phi) is 3.21. The Bertz CT molecular complexity index is 609. The summed E-state index contributed by atoms with van der Waals surface area (Å²) in [4.78, 5) is 4.58. The lowest BCUT2D eigenvalue weighted by Crippen LogP contribution is -2.13. The lowest BCUT2D eigenvalue weighted by Gasteiger charge is -2.08. The monoisotopic (exact) mass is 247 g/mol. The maximum absolute atomic E-state index is 11.6. The van der Waals surface area contributed by atoms with Crippen molar-refractivity contribution in [2.24, 2.45) is 5.14 Å². The van der Waals surface area contributed by atoms with E-state index in [4.69, 9.17) is 9.92 Å². The van der Waals surface area contributed by atoms with Gasteiger partial charge in [-0.3, -0.25) is 4.98 Å². The van der Waals surface area contributed by atoms with Gasteiger partial charge in [-0.2, -0.15) is 0 Å². The number of hydrogen-bond donors (Lipinski definition) is 2. The van der Waals surface area contributed by atoms with E-state index in [0.717, 1.165) is 11.3 Å². The predicted octanol–water partition coefficient (Wildman–Crippen LogP) is 1.95. The van der Waals surface area contributed by atoms with E-state index in [-0.39, 0.29) is 0 Å². The first-order valence-electron chi connectivity index (χ1n) is 5.12. The van der Waals surface area contributed by atoms with Crippen LogP contribution < -0.4 is 5.14 Å². The largest absolute Gasteiger partial charge is 0.261 e. The number of hydrogen-bond acceptors (Lipinski definition) is 3. The van der Waals surface area contributed by atoms with Gasteiger partial charge in [0.2, 0.25) is 0 Å². The summed E-state index contributed by atoms with van der Waals surface area (Å²) in [6.45, 7) is 0. The summed E-state index contributed by atoms with van der Waals surface area (Å²) in [5.41, 5.74) is 1.65. The topological polar surface area (TPSA) is 79.8 Å². The third-order valence-corrected chi connectivity index (χ3v) is 3.45. The van der Waals surface area contributed by atoms with Gasteiger partial charge in [0.05, 0.1) is 4.90 Å². The Labute approximate surface area is 101 Å². The second-order valence-electron chi connectivity index (χ2n) is 3.71. The van der Waals surface area contributed by atoms with Gasteiger partial charge < -0.3 is 0 Å². The molecule has 2 aromatic rings. The average Bonchev–Trinajstić information content (AvgIpc) is 2.30. The van der Waals surface area contributed by atoms with Crippen LogP contribution >= 0.6 is 0 Å². The molecule has 3 N–H and O–H groups in total. The maximum atomic E-state index is 11.6. The summed E-state index contributed by atoms with van der Waals surface area (Å²) in [6.07, 6.45) is 2.24. The first-order valence-corrected chi connectivity index (χ1v) is 6.74. The normalized spacial score (nSPS) is 14.2. The maximum Gasteiger partial charge on any atom is 0.132 e. The van der Waals surface area contributed by atoms with Crippen molar-refractivity contribution < 1.29 is 4.21 Å². The van der Waals surface area contributed by atoms with E-state index < -0.39 is 9.92 Å². The van der Waals surface area contributed by atoms with E-state index in [1.165, 1.54) is 0 Å². The van der Waals surface area contributed by atoms with Crippen LogP contribution in [0.25, 0.3) is 0 Å². The van der Waals surface area contributed by atoms with Crippen LogP contribution in [0.2, 0.25) is 0 Å². The van der Waals surface area contributed by atoms with Crippen molar-refractivity contribution in [1.82, 2.24) is 4.98 Å². The molecular formula is C12H13N3OS. The van der Waals surface area contributed by atoms with Crippen LogP contribution in [0.1, 0.15) is 11.3 Å². The number of nitrogens with one attached hydrogen (secondary N) is 1. The molecule has 0 saturated heterocycles. The second-order valence-corrected chi connectivity index (χ2v) is 5.35. The molecule has 0 radical (unpaired) electrons. The highest BCUT2D eigenvalue weighted by molar-refractivity contribution is 7.90. The number of benzene rings is 1. The van der Waals surface area contributed by atoms with Gasteiger partial charge in [0.15, 0.2) is 0 Å². The van der Waals surface area contributed by atoms with Gasteiger partial charge in [-0.1, -0.05) is 24.3 Å². The Morgan fingerprint density at radius 2 is 1.88 bits per heavy atom. The molecule has 17 heavy (non-hydrogen) atoms. The minimum Gasteiger partial charge on any atom is -0.261 e. The quantitative estimate of drug-likeness (QED) is 0.869. The Balaban J connectivity index is 2.41. The lowest BCUT2D eigenvalue weighted by atomic mass is 10.1. The summed E-state index contributed by atoms with van der Waals surface area (Å²) in [7, 11) is -3.18. The van der Waals surface area contributed by atoms with Gasteiger partial charge in [-0.05, 0) is 23.8 Å². The van der Waals surface area contributed by atoms with E-state index in [9.17, 15) is 4.21 Å². The third kappa shape index (κ3) is 2.89. The lowest BCUT2D eigenvalue weighted by molar-refractivity contribution is 0.675. The van der Waals surface area contributed by atoms with Crippen LogP contribution in [0.15, 0.2) is 53.6 Å². The molecule has 88 valence electrons. The molecule has 1 atom stereocenters. The van der Waals surface area contributed by atoms with E-state index in [0.29, 0.717) is 11.3 Å². The molecule has 5 heteroatoms. The van der Waals surface area contributed by atoms with Gasteiger partial charge in [0, 0.05) is 18.3 Å². The molecule has 0 aliphatic carbocycles. The van der Waals surface area contributed by atoms with Crippen LogP contribution in [0.4, 0.5) is 0 Å². The average molecular weight is 247 g/mol. The van der Waals surface area contributed by atoms with Gasteiger partial charge in [-0.25, -0.2) is 14.1 Å². The van der Waals surface area contributed by atoms with Crippen LogP contribution in [-0.4, -0.2) is 9.19 Å². The summed E-state index contributed by atoms with van der Waals surface area (Å²) in [5.74, 6) is 0. The molecular weight excluding hydrogens is 234 g/mol. The molecule has 0 spiro atoms. The minimum atomic E-state index is -3.18. The molecule has 1 aromatic carbocycles. The fourth-order valence-electron chi connectivity index (χ4n) is 1.64. The molecule has 4 nitrogen and oxygen atoms in total. The van der Waals surface area contributed by atoms with Crippen molar-refractivity contribution in [1.29, 1.82) is 4.78 Å². The molecule has 0 fully saturated rings. The summed E-state index contributed by atoms with van der Waals surface area (Å²) >= 11 is 0. The molecule has 0 aliphatic heterocycles. The van der Waals surface area contributed by atoms with Crippen LogP contribution in [0.5, 0.6) is 0 Å². The smallest absolute Gasteiger partial charge is 0.132 e. The number of nitrogens with two attached hydrogens (primary N) is 1. The zero-order valence-corrected chi connectivity index (χ0v) is 9.98. The first kappa shape index (κ1) is 11.8. The summed E-state index contributed by atoms with van der Waals surface area (Å²) in [6, 6.07) is 12.7. The molecule has 1 heterocycles. The molecule has 1 unspecified atom stereocenters. The summed E-state index contributed by atoms with van der Waals surface area (Å²) < 4.78 is 19.1. The van der Waals surface area contributed by atoms with Crippen molar-refractivity contribution >= 4 is 9.92 Å². The van der Waals surface area contributed by atoms with E-state index >= 15 is 0 Å². The molecule has 1 aromatic heterocycles. The predicted molar refractivity (Wildman–Crippen MR) is 66.8 cm³/mol. The molecule has 0 bridgehead atoms. The number of nitrogens with zero attached hydrogens (tertiary/aromatic N) is 1.